The van der Waals surface area contributed by atoms with Crippen LogP contribution in [0.2, 0.25) is 0 Å². The van der Waals surface area contributed by atoms with Crippen molar-refractivity contribution < 1.29 is 0 Å². The lowest BCUT2D eigenvalue weighted by atomic mass is 9.89. The van der Waals surface area contributed by atoms with E-state index in [2.05, 4.69) is 85.5 Å². The van der Waals surface area contributed by atoms with E-state index in [9.17, 15) is 0 Å². The maximum absolute atomic E-state index is 3.82. The molecule has 0 heteroatoms. The van der Waals surface area contributed by atoms with Gasteiger partial charge in [0, 0.05) is 0 Å². The Hall–Kier alpha value is -3.12. The molecular formula is C24H20. The molecule has 3 rings (SSSR count). The molecule has 3 aromatic rings. The molecule has 0 aromatic heterocycles. The van der Waals surface area contributed by atoms with Crippen molar-refractivity contribution in [1.29, 1.82) is 0 Å². The Morgan fingerprint density at radius 1 is 0.583 bits per heavy atom. The largest absolute Gasteiger partial charge is 0.0991 e. The first kappa shape index (κ1) is 15.8. The highest BCUT2D eigenvalue weighted by Crippen LogP contribution is 2.33. The minimum Gasteiger partial charge on any atom is -0.0991 e. The van der Waals surface area contributed by atoms with E-state index in [4.69, 9.17) is 0 Å². The first-order valence-corrected chi connectivity index (χ1v) is 8.10. The van der Waals surface area contributed by atoms with E-state index in [1.165, 1.54) is 27.8 Å². The lowest BCUT2D eigenvalue weighted by Gasteiger charge is -2.15. The van der Waals surface area contributed by atoms with Crippen LogP contribution in [0.25, 0.3) is 11.1 Å². The van der Waals surface area contributed by atoms with Crippen molar-refractivity contribution in [2.75, 3.05) is 0 Å². The zero-order valence-corrected chi connectivity index (χ0v) is 13.6. The van der Waals surface area contributed by atoms with Gasteiger partial charge in [-0.25, -0.2) is 0 Å². The van der Waals surface area contributed by atoms with E-state index in [1.54, 1.807) is 0 Å². The van der Waals surface area contributed by atoms with Gasteiger partial charge in [0.2, 0.25) is 0 Å². The molecular weight excluding hydrogens is 288 g/mol. The standard InChI is InChI=1S/C24H20/c1-2-3-19-23(20-13-7-4-8-14-20)24(21-15-9-5-10-16-21)22-17-11-6-12-18-22/h2-19H,1H2. The van der Waals surface area contributed by atoms with Gasteiger partial charge in [-0.1, -0.05) is 116 Å². The molecule has 0 nitrogen and oxygen atoms in total. The van der Waals surface area contributed by atoms with Crippen LogP contribution in [0, 0.1) is 0 Å². The molecule has 3 aromatic carbocycles. The summed E-state index contributed by atoms with van der Waals surface area (Å²) in [5.74, 6) is 0. The summed E-state index contributed by atoms with van der Waals surface area (Å²) in [6.45, 7) is 3.82. The summed E-state index contributed by atoms with van der Waals surface area (Å²) >= 11 is 0. The maximum atomic E-state index is 3.82. The van der Waals surface area contributed by atoms with Gasteiger partial charge >= 0.3 is 0 Å². The molecule has 0 heterocycles. The fourth-order valence-corrected chi connectivity index (χ4v) is 2.79. The quantitative estimate of drug-likeness (QED) is 0.378. The van der Waals surface area contributed by atoms with Gasteiger partial charge in [0.15, 0.2) is 0 Å². The fourth-order valence-electron chi connectivity index (χ4n) is 2.79. The third-order valence-electron chi connectivity index (χ3n) is 3.88. The predicted molar refractivity (Wildman–Crippen MR) is 105 cm³/mol. The molecule has 0 N–H and O–H groups in total. The van der Waals surface area contributed by atoms with E-state index in [0.717, 1.165) is 0 Å². The van der Waals surface area contributed by atoms with Crippen LogP contribution in [0.4, 0.5) is 0 Å². The second-order valence-electron chi connectivity index (χ2n) is 5.48. The van der Waals surface area contributed by atoms with Crippen molar-refractivity contribution in [3.63, 3.8) is 0 Å². The molecule has 0 bridgehead atoms. The number of rotatable bonds is 5. The third kappa shape index (κ3) is 3.61. The van der Waals surface area contributed by atoms with Gasteiger partial charge in [0.1, 0.15) is 0 Å². The van der Waals surface area contributed by atoms with Crippen molar-refractivity contribution in [3.05, 3.63) is 132 Å². The normalized spacial score (nSPS) is 10.5. The summed E-state index contributed by atoms with van der Waals surface area (Å²) in [6.07, 6.45) is 5.95. The average Bonchev–Trinajstić information content (AvgIpc) is 2.67. The van der Waals surface area contributed by atoms with E-state index in [0.29, 0.717) is 0 Å². The van der Waals surface area contributed by atoms with Crippen LogP contribution in [-0.4, -0.2) is 0 Å². The molecule has 116 valence electrons. The lowest BCUT2D eigenvalue weighted by Crippen LogP contribution is -1.93. The number of benzene rings is 3. The topological polar surface area (TPSA) is 0 Å². The van der Waals surface area contributed by atoms with Crippen LogP contribution >= 0.6 is 0 Å². The van der Waals surface area contributed by atoms with Gasteiger partial charge in [-0.15, -0.1) is 0 Å². The van der Waals surface area contributed by atoms with Crippen LogP contribution < -0.4 is 0 Å². The summed E-state index contributed by atoms with van der Waals surface area (Å²) in [5, 5.41) is 0. The minimum atomic E-state index is 1.19. The van der Waals surface area contributed by atoms with Crippen molar-refractivity contribution in [2.24, 2.45) is 0 Å². The Morgan fingerprint density at radius 3 is 1.42 bits per heavy atom. The van der Waals surface area contributed by atoms with Crippen LogP contribution in [0.1, 0.15) is 16.7 Å². The molecule has 0 aliphatic carbocycles. The highest BCUT2D eigenvalue weighted by Gasteiger charge is 2.11. The average molecular weight is 308 g/mol. The van der Waals surface area contributed by atoms with Gasteiger partial charge in [0.05, 0.1) is 0 Å². The monoisotopic (exact) mass is 308 g/mol. The van der Waals surface area contributed by atoms with Gasteiger partial charge in [-0.2, -0.15) is 0 Å². The summed E-state index contributed by atoms with van der Waals surface area (Å²) in [5.41, 5.74) is 6.01. The molecule has 0 unspecified atom stereocenters. The second kappa shape index (κ2) is 7.94. The summed E-state index contributed by atoms with van der Waals surface area (Å²) in [6, 6.07) is 31.6. The summed E-state index contributed by atoms with van der Waals surface area (Å²) in [7, 11) is 0. The highest BCUT2D eigenvalue weighted by atomic mass is 14.1. The van der Waals surface area contributed by atoms with E-state index >= 15 is 0 Å². The molecule has 0 atom stereocenters. The molecule has 24 heavy (non-hydrogen) atoms. The van der Waals surface area contributed by atoms with Crippen LogP contribution in [0.3, 0.4) is 0 Å². The molecule has 0 fully saturated rings. The smallest absolute Gasteiger partial charge is 0.00328 e. The minimum absolute atomic E-state index is 1.19. The van der Waals surface area contributed by atoms with Crippen LogP contribution in [-0.2, 0) is 0 Å². The summed E-state index contributed by atoms with van der Waals surface area (Å²) < 4.78 is 0. The fraction of sp³-hybridized carbons (Fsp3) is 0. The molecule has 0 aliphatic rings. The first-order valence-electron chi connectivity index (χ1n) is 8.10. The maximum Gasteiger partial charge on any atom is -0.00328 e. The molecule has 0 saturated heterocycles. The molecule has 0 spiro atoms. The number of allylic oxidation sites excluding steroid dienone is 4. The van der Waals surface area contributed by atoms with Crippen molar-refractivity contribution >= 4 is 11.1 Å². The Kier molecular flexibility index (Phi) is 5.21. The summed E-state index contributed by atoms with van der Waals surface area (Å²) in [4.78, 5) is 0. The Balaban J connectivity index is 2.32. The SMILES string of the molecule is C=CC=CC(=C(c1ccccc1)c1ccccc1)c1ccccc1. The number of hydrogen-bond acceptors (Lipinski definition) is 0. The zero-order valence-electron chi connectivity index (χ0n) is 13.6. The van der Waals surface area contributed by atoms with Crippen molar-refractivity contribution in [3.8, 4) is 0 Å². The van der Waals surface area contributed by atoms with Gasteiger partial charge in [-0.3, -0.25) is 0 Å². The molecule has 0 saturated carbocycles. The lowest BCUT2D eigenvalue weighted by molar-refractivity contribution is 1.53. The van der Waals surface area contributed by atoms with Gasteiger partial charge in [-0.05, 0) is 27.8 Å². The van der Waals surface area contributed by atoms with Crippen LogP contribution in [0.5, 0.6) is 0 Å². The van der Waals surface area contributed by atoms with E-state index in [-0.39, 0.29) is 0 Å². The van der Waals surface area contributed by atoms with Gasteiger partial charge in [0.25, 0.3) is 0 Å². The Labute approximate surface area is 144 Å². The number of hydrogen-bond donors (Lipinski definition) is 0. The van der Waals surface area contributed by atoms with Crippen molar-refractivity contribution in [1.82, 2.24) is 0 Å². The zero-order chi connectivity index (χ0) is 16.6. The first-order chi connectivity index (χ1) is 11.9. The third-order valence-corrected chi connectivity index (χ3v) is 3.88. The van der Waals surface area contributed by atoms with Crippen molar-refractivity contribution in [2.45, 2.75) is 0 Å². The molecule has 0 amide bonds. The Bertz CT molecular complexity index is 797. The molecule has 0 aliphatic heterocycles. The molecule has 0 radical (unpaired) electrons. The van der Waals surface area contributed by atoms with E-state index < -0.39 is 0 Å². The van der Waals surface area contributed by atoms with Crippen LogP contribution in [0.15, 0.2) is 116 Å². The Morgan fingerprint density at radius 2 is 1.00 bits per heavy atom. The highest BCUT2D eigenvalue weighted by molar-refractivity contribution is 6.02. The van der Waals surface area contributed by atoms with E-state index in [1.807, 2.05) is 30.4 Å². The second-order valence-corrected chi connectivity index (χ2v) is 5.48. The van der Waals surface area contributed by atoms with Gasteiger partial charge < -0.3 is 0 Å². The predicted octanol–water partition coefficient (Wildman–Crippen LogP) is 6.39.